The van der Waals surface area contributed by atoms with Crippen molar-refractivity contribution in [2.75, 3.05) is 6.54 Å². The van der Waals surface area contributed by atoms with Gasteiger partial charge in [0.05, 0.1) is 6.07 Å². The van der Waals surface area contributed by atoms with Crippen LogP contribution in [0.4, 0.5) is 0 Å². The summed E-state index contributed by atoms with van der Waals surface area (Å²) in [4.78, 5) is 14.3. The number of amides is 1. The second kappa shape index (κ2) is 5.61. The lowest BCUT2D eigenvalue weighted by atomic mass is 10.1. The standard InChI is InChI=1S/C17H18N2O2/c1-12-6-7-15-13(10-12)11-16(21-15)17(20)19(9-8-18)14-4-2-3-5-14/h6-7,10-11,14H,2-5,9H2,1H3. The van der Waals surface area contributed by atoms with E-state index >= 15 is 0 Å². The van der Waals surface area contributed by atoms with Gasteiger partial charge >= 0.3 is 0 Å². The molecular formula is C17H18N2O2. The van der Waals surface area contributed by atoms with Gasteiger partial charge in [-0.3, -0.25) is 4.79 Å². The van der Waals surface area contributed by atoms with Gasteiger partial charge in [-0.05, 0) is 38.0 Å². The molecule has 4 nitrogen and oxygen atoms in total. The molecule has 1 amide bonds. The van der Waals surface area contributed by atoms with Crippen LogP contribution in [0.25, 0.3) is 11.0 Å². The van der Waals surface area contributed by atoms with Crippen molar-refractivity contribution in [2.45, 2.75) is 38.6 Å². The summed E-state index contributed by atoms with van der Waals surface area (Å²) in [6, 6.07) is 9.90. The summed E-state index contributed by atoms with van der Waals surface area (Å²) in [7, 11) is 0. The van der Waals surface area contributed by atoms with Crippen molar-refractivity contribution < 1.29 is 9.21 Å². The van der Waals surface area contributed by atoms with Crippen LogP contribution in [0.15, 0.2) is 28.7 Å². The van der Waals surface area contributed by atoms with Crippen molar-refractivity contribution in [1.29, 1.82) is 5.26 Å². The first-order valence-electron chi connectivity index (χ1n) is 7.37. The summed E-state index contributed by atoms with van der Waals surface area (Å²) in [5.74, 6) is 0.162. The fourth-order valence-electron chi connectivity index (χ4n) is 3.07. The Labute approximate surface area is 123 Å². The van der Waals surface area contributed by atoms with E-state index in [1.54, 1.807) is 11.0 Å². The molecule has 4 heteroatoms. The normalized spacial score (nSPS) is 15.2. The summed E-state index contributed by atoms with van der Waals surface area (Å²) < 4.78 is 5.67. The SMILES string of the molecule is Cc1ccc2oc(C(=O)N(CC#N)C3CCCC3)cc2c1. The van der Waals surface area contributed by atoms with Crippen LogP contribution < -0.4 is 0 Å². The van der Waals surface area contributed by atoms with Gasteiger partial charge < -0.3 is 9.32 Å². The van der Waals surface area contributed by atoms with Crippen LogP contribution in [0.3, 0.4) is 0 Å². The number of rotatable bonds is 3. The lowest BCUT2D eigenvalue weighted by molar-refractivity contribution is 0.0679. The maximum absolute atomic E-state index is 12.7. The first-order chi connectivity index (χ1) is 10.2. The van der Waals surface area contributed by atoms with Gasteiger partial charge in [-0.1, -0.05) is 24.5 Å². The van der Waals surface area contributed by atoms with Crippen molar-refractivity contribution in [2.24, 2.45) is 0 Å². The summed E-state index contributed by atoms with van der Waals surface area (Å²) >= 11 is 0. The van der Waals surface area contributed by atoms with Crippen LogP contribution in [0.5, 0.6) is 0 Å². The van der Waals surface area contributed by atoms with Crippen LogP contribution in [0.2, 0.25) is 0 Å². The van der Waals surface area contributed by atoms with Crippen molar-refractivity contribution >= 4 is 16.9 Å². The summed E-state index contributed by atoms with van der Waals surface area (Å²) in [6.45, 7) is 2.13. The van der Waals surface area contributed by atoms with Crippen molar-refractivity contribution in [3.8, 4) is 6.07 Å². The number of nitriles is 1. The molecule has 0 atom stereocenters. The highest BCUT2D eigenvalue weighted by Crippen LogP contribution is 2.27. The van der Waals surface area contributed by atoms with Crippen molar-refractivity contribution in [3.05, 3.63) is 35.6 Å². The molecule has 0 bridgehead atoms. The molecule has 21 heavy (non-hydrogen) atoms. The smallest absolute Gasteiger partial charge is 0.290 e. The molecule has 0 unspecified atom stereocenters. The lowest BCUT2D eigenvalue weighted by Crippen LogP contribution is -2.38. The number of nitrogens with zero attached hydrogens (tertiary/aromatic N) is 2. The van der Waals surface area contributed by atoms with E-state index in [1.807, 2.05) is 25.1 Å². The Balaban J connectivity index is 1.91. The fourth-order valence-corrected chi connectivity index (χ4v) is 3.07. The molecule has 0 radical (unpaired) electrons. The molecule has 1 saturated carbocycles. The second-order valence-corrected chi connectivity index (χ2v) is 5.68. The number of hydrogen-bond donors (Lipinski definition) is 0. The van der Waals surface area contributed by atoms with Gasteiger partial charge in [-0.2, -0.15) is 5.26 Å². The van der Waals surface area contributed by atoms with Crippen LogP contribution in [0.1, 0.15) is 41.8 Å². The van der Waals surface area contributed by atoms with Gasteiger partial charge in [0.1, 0.15) is 12.1 Å². The molecule has 108 valence electrons. The predicted octanol–water partition coefficient (Wildman–Crippen LogP) is 3.65. The average molecular weight is 282 g/mol. The first-order valence-corrected chi connectivity index (χ1v) is 7.37. The van der Waals surface area contributed by atoms with Gasteiger partial charge in [0.15, 0.2) is 5.76 Å². The zero-order valence-corrected chi connectivity index (χ0v) is 12.1. The number of carbonyl (C=O) groups is 1. The van der Waals surface area contributed by atoms with E-state index in [0.717, 1.165) is 36.6 Å². The van der Waals surface area contributed by atoms with E-state index < -0.39 is 0 Å². The average Bonchev–Trinajstić information content (AvgIpc) is 3.12. The van der Waals surface area contributed by atoms with Crippen LogP contribution >= 0.6 is 0 Å². The van der Waals surface area contributed by atoms with E-state index in [4.69, 9.17) is 9.68 Å². The lowest BCUT2D eigenvalue weighted by Gasteiger charge is -2.25. The number of fused-ring (bicyclic) bond motifs is 1. The largest absolute Gasteiger partial charge is 0.451 e. The summed E-state index contributed by atoms with van der Waals surface area (Å²) in [5, 5.41) is 9.93. The quantitative estimate of drug-likeness (QED) is 0.807. The Hall–Kier alpha value is -2.28. The Morgan fingerprint density at radius 3 is 2.86 bits per heavy atom. The Morgan fingerprint density at radius 1 is 1.38 bits per heavy atom. The van der Waals surface area contributed by atoms with Gasteiger partial charge in [-0.15, -0.1) is 0 Å². The van der Waals surface area contributed by atoms with Crippen molar-refractivity contribution in [3.63, 3.8) is 0 Å². The van der Waals surface area contributed by atoms with Crippen LogP contribution in [-0.4, -0.2) is 23.4 Å². The number of hydrogen-bond acceptors (Lipinski definition) is 3. The zero-order chi connectivity index (χ0) is 14.8. The molecule has 2 aromatic rings. The Morgan fingerprint density at radius 2 is 2.14 bits per heavy atom. The highest BCUT2D eigenvalue weighted by molar-refractivity contribution is 5.96. The highest BCUT2D eigenvalue weighted by Gasteiger charge is 2.29. The first kappa shape index (κ1) is 13.7. The molecule has 1 aliphatic carbocycles. The molecule has 0 N–H and O–H groups in total. The second-order valence-electron chi connectivity index (χ2n) is 5.68. The van der Waals surface area contributed by atoms with Gasteiger partial charge in [0.25, 0.3) is 5.91 Å². The van der Waals surface area contributed by atoms with Gasteiger partial charge in [-0.25, -0.2) is 0 Å². The molecule has 1 fully saturated rings. The van der Waals surface area contributed by atoms with Gasteiger partial charge in [0, 0.05) is 11.4 Å². The third-order valence-corrected chi connectivity index (χ3v) is 4.15. The number of furan rings is 1. The fraction of sp³-hybridized carbons (Fsp3) is 0.412. The third kappa shape index (κ3) is 2.64. The van der Waals surface area contributed by atoms with Gasteiger partial charge in [0.2, 0.25) is 0 Å². The Bertz CT molecular complexity index is 705. The van der Waals surface area contributed by atoms with E-state index in [9.17, 15) is 4.79 Å². The zero-order valence-electron chi connectivity index (χ0n) is 12.1. The predicted molar refractivity (Wildman–Crippen MR) is 79.9 cm³/mol. The topological polar surface area (TPSA) is 57.2 Å². The van der Waals surface area contributed by atoms with E-state index in [1.165, 1.54) is 0 Å². The van der Waals surface area contributed by atoms with Crippen LogP contribution in [-0.2, 0) is 0 Å². The Kier molecular flexibility index (Phi) is 3.66. The number of benzene rings is 1. The van der Waals surface area contributed by atoms with Crippen LogP contribution in [0, 0.1) is 18.3 Å². The number of carbonyl (C=O) groups excluding carboxylic acids is 1. The van der Waals surface area contributed by atoms with E-state index in [2.05, 4.69) is 6.07 Å². The molecule has 1 aliphatic rings. The molecule has 3 rings (SSSR count). The molecular weight excluding hydrogens is 264 g/mol. The molecule has 1 heterocycles. The minimum Gasteiger partial charge on any atom is -0.451 e. The van der Waals surface area contributed by atoms with Crippen molar-refractivity contribution in [1.82, 2.24) is 4.90 Å². The van der Waals surface area contributed by atoms with E-state index in [-0.39, 0.29) is 18.5 Å². The summed E-state index contributed by atoms with van der Waals surface area (Å²) in [6.07, 6.45) is 4.21. The molecule has 0 spiro atoms. The maximum Gasteiger partial charge on any atom is 0.290 e. The number of aryl methyl sites for hydroxylation is 1. The maximum atomic E-state index is 12.7. The molecule has 1 aromatic carbocycles. The highest BCUT2D eigenvalue weighted by atomic mass is 16.3. The van der Waals surface area contributed by atoms with E-state index in [0.29, 0.717) is 11.3 Å². The molecule has 0 saturated heterocycles. The third-order valence-electron chi connectivity index (χ3n) is 4.15. The molecule has 0 aliphatic heterocycles. The minimum atomic E-state index is -0.169. The minimum absolute atomic E-state index is 0.125. The summed E-state index contributed by atoms with van der Waals surface area (Å²) in [5.41, 5.74) is 1.85. The molecule has 1 aromatic heterocycles. The monoisotopic (exact) mass is 282 g/mol.